The lowest BCUT2D eigenvalue weighted by Gasteiger charge is -2.42. The van der Waals surface area contributed by atoms with Gasteiger partial charge in [-0.1, -0.05) is 37.5 Å². The molecular formula is C16H23NO. The van der Waals surface area contributed by atoms with Crippen LogP contribution in [0.5, 0.6) is 5.75 Å². The van der Waals surface area contributed by atoms with Crippen molar-refractivity contribution in [1.82, 2.24) is 0 Å². The molecule has 0 aromatic heterocycles. The van der Waals surface area contributed by atoms with E-state index in [1.807, 2.05) is 6.07 Å². The summed E-state index contributed by atoms with van der Waals surface area (Å²) >= 11 is 0. The van der Waals surface area contributed by atoms with Gasteiger partial charge in [-0.25, -0.2) is 0 Å². The van der Waals surface area contributed by atoms with Crippen molar-refractivity contribution >= 4 is 0 Å². The van der Waals surface area contributed by atoms with E-state index >= 15 is 0 Å². The predicted molar refractivity (Wildman–Crippen MR) is 73.7 cm³/mol. The van der Waals surface area contributed by atoms with E-state index in [-0.39, 0.29) is 11.6 Å². The molecule has 1 saturated carbocycles. The first-order chi connectivity index (χ1) is 8.79. The van der Waals surface area contributed by atoms with Crippen LogP contribution in [-0.2, 0) is 0 Å². The number of rotatable bonds is 0. The lowest BCUT2D eigenvalue weighted by atomic mass is 9.79. The molecule has 18 heavy (non-hydrogen) atoms. The van der Waals surface area contributed by atoms with Crippen molar-refractivity contribution in [2.45, 2.75) is 63.0 Å². The fraction of sp³-hybridized carbons (Fsp3) is 0.625. The number of hydrogen-bond acceptors (Lipinski definition) is 2. The van der Waals surface area contributed by atoms with Gasteiger partial charge in [-0.2, -0.15) is 0 Å². The Bertz CT molecular complexity index is 407. The zero-order valence-corrected chi connectivity index (χ0v) is 11.0. The molecule has 1 aliphatic heterocycles. The van der Waals surface area contributed by atoms with Gasteiger partial charge in [0, 0.05) is 18.0 Å². The first-order valence-corrected chi connectivity index (χ1v) is 7.33. The maximum absolute atomic E-state index is 6.39. The van der Waals surface area contributed by atoms with Crippen LogP contribution in [0, 0.1) is 0 Å². The highest BCUT2D eigenvalue weighted by Gasteiger charge is 2.39. The van der Waals surface area contributed by atoms with E-state index in [0.717, 1.165) is 12.2 Å². The summed E-state index contributed by atoms with van der Waals surface area (Å²) in [6.45, 7) is 0. The van der Waals surface area contributed by atoms with Gasteiger partial charge < -0.3 is 10.5 Å². The van der Waals surface area contributed by atoms with Crippen LogP contribution in [-0.4, -0.2) is 5.60 Å². The largest absolute Gasteiger partial charge is 0.487 e. The van der Waals surface area contributed by atoms with E-state index in [1.165, 1.54) is 50.5 Å². The second kappa shape index (κ2) is 4.93. The third-order valence-electron chi connectivity index (χ3n) is 4.50. The Hall–Kier alpha value is -1.02. The Morgan fingerprint density at radius 2 is 1.67 bits per heavy atom. The number of nitrogens with two attached hydrogens (primary N) is 1. The number of ether oxygens (including phenoxy) is 1. The third-order valence-corrected chi connectivity index (χ3v) is 4.50. The zero-order valence-electron chi connectivity index (χ0n) is 11.0. The predicted octanol–water partition coefficient (Wildman–Crippen LogP) is 3.95. The molecule has 2 heteroatoms. The zero-order chi connectivity index (χ0) is 12.4. The van der Waals surface area contributed by atoms with Gasteiger partial charge in [0.2, 0.25) is 0 Å². The molecule has 0 amide bonds. The number of benzene rings is 1. The lowest BCUT2D eigenvalue weighted by molar-refractivity contribution is 0.0113. The van der Waals surface area contributed by atoms with Crippen molar-refractivity contribution in [3.63, 3.8) is 0 Å². The molecule has 2 aliphatic rings. The van der Waals surface area contributed by atoms with Crippen molar-refractivity contribution < 1.29 is 4.74 Å². The van der Waals surface area contributed by atoms with Gasteiger partial charge in [0.1, 0.15) is 11.4 Å². The summed E-state index contributed by atoms with van der Waals surface area (Å²) in [5.74, 6) is 1.02. The first kappa shape index (κ1) is 12.0. The average Bonchev–Trinajstić information content (AvgIpc) is 2.35. The molecule has 0 radical (unpaired) electrons. The fourth-order valence-electron chi connectivity index (χ4n) is 3.52. The third kappa shape index (κ3) is 2.26. The summed E-state index contributed by atoms with van der Waals surface area (Å²) < 4.78 is 6.39. The van der Waals surface area contributed by atoms with Gasteiger partial charge in [0.25, 0.3) is 0 Å². The van der Waals surface area contributed by atoms with Crippen molar-refractivity contribution in [2.75, 3.05) is 0 Å². The van der Waals surface area contributed by atoms with E-state index in [0.29, 0.717) is 0 Å². The van der Waals surface area contributed by atoms with Crippen LogP contribution in [0.4, 0.5) is 0 Å². The monoisotopic (exact) mass is 245 g/mol. The van der Waals surface area contributed by atoms with Crippen molar-refractivity contribution in [1.29, 1.82) is 0 Å². The molecule has 1 aromatic carbocycles. The van der Waals surface area contributed by atoms with E-state index in [4.69, 9.17) is 10.5 Å². The maximum Gasteiger partial charge on any atom is 0.124 e. The summed E-state index contributed by atoms with van der Waals surface area (Å²) in [6.07, 6.45) is 10.0. The number of fused-ring (bicyclic) bond motifs is 1. The van der Waals surface area contributed by atoms with Crippen LogP contribution in [0.2, 0.25) is 0 Å². The van der Waals surface area contributed by atoms with Gasteiger partial charge in [0.05, 0.1) is 0 Å². The summed E-state index contributed by atoms with van der Waals surface area (Å²) in [7, 11) is 0. The lowest BCUT2D eigenvalue weighted by Crippen LogP contribution is -2.43. The minimum atomic E-state index is 0.0220. The molecule has 1 aliphatic carbocycles. The number of para-hydroxylation sites is 1. The van der Waals surface area contributed by atoms with Crippen LogP contribution in [0.15, 0.2) is 24.3 Å². The normalized spacial score (nSPS) is 26.8. The molecular weight excluding hydrogens is 222 g/mol. The standard InChI is InChI=1S/C16H23NO/c17-14-12-16(10-6-2-1-3-7-11-16)18-15-9-5-4-8-13(14)15/h4-5,8-9,14H,1-3,6-7,10-12,17H2. The Morgan fingerprint density at radius 3 is 2.44 bits per heavy atom. The fourth-order valence-corrected chi connectivity index (χ4v) is 3.52. The minimum absolute atomic E-state index is 0.0220. The van der Waals surface area contributed by atoms with Crippen molar-refractivity contribution in [3.05, 3.63) is 29.8 Å². The van der Waals surface area contributed by atoms with Crippen molar-refractivity contribution in [3.8, 4) is 5.75 Å². The molecule has 1 heterocycles. The van der Waals surface area contributed by atoms with Gasteiger partial charge in [-0.3, -0.25) is 0 Å². The highest BCUT2D eigenvalue weighted by molar-refractivity contribution is 5.38. The van der Waals surface area contributed by atoms with Crippen LogP contribution in [0.1, 0.15) is 63.0 Å². The highest BCUT2D eigenvalue weighted by atomic mass is 16.5. The quantitative estimate of drug-likeness (QED) is 0.751. The molecule has 1 unspecified atom stereocenters. The molecule has 0 bridgehead atoms. The Kier molecular flexibility index (Phi) is 3.29. The molecule has 0 saturated heterocycles. The molecule has 3 rings (SSSR count). The second-order valence-corrected chi connectivity index (χ2v) is 5.90. The van der Waals surface area contributed by atoms with Crippen LogP contribution in [0.3, 0.4) is 0 Å². The topological polar surface area (TPSA) is 35.2 Å². The smallest absolute Gasteiger partial charge is 0.124 e. The molecule has 1 fully saturated rings. The minimum Gasteiger partial charge on any atom is -0.487 e. The van der Waals surface area contributed by atoms with E-state index in [9.17, 15) is 0 Å². The Balaban J connectivity index is 1.86. The molecule has 1 spiro atoms. The Morgan fingerprint density at radius 1 is 1.00 bits per heavy atom. The van der Waals surface area contributed by atoms with Gasteiger partial charge in [-0.05, 0) is 31.7 Å². The van der Waals surface area contributed by atoms with Crippen LogP contribution in [0.25, 0.3) is 0 Å². The molecule has 1 aromatic rings. The van der Waals surface area contributed by atoms with E-state index < -0.39 is 0 Å². The SMILES string of the molecule is NC1CC2(CCCCCCC2)Oc2ccccc21. The second-order valence-electron chi connectivity index (χ2n) is 5.90. The summed E-state index contributed by atoms with van der Waals surface area (Å²) in [5, 5.41) is 0. The van der Waals surface area contributed by atoms with Crippen LogP contribution < -0.4 is 10.5 Å². The Labute approximate surface area is 110 Å². The highest BCUT2D eigenvalue weighted by Crippen LogP contribution is 2.43. The molecule has 98 valence electrons. The maximum atomic E-state index is 6.39. The molecule has 2 N–H and O–H groups in total. The van der Waals surface area contributed by atoms with Gasteiger partial charge in [0.15, 0.2) is 0 Å². The van der Waals surface area contributed by atoms with Gasteiger partial charge >= 0.3 is 0 Å². The summed E-state index contributed by atoms with van der Waals surface area (Å²) in [6, 6.07) is 8.44. The van der Waals surface area contributed by atoms with E-state index in [1.54, 1.807) is 0 Å². The summed E-state index contributed by atoms with van der Waals surface area (Å²) in [5.41, 5.74) is 7.57. The van der Waals surface area contributed by atoms with Gasteiger partial charge in [-0.15, -0.1) is 0 Å². The van der Waals surface area contributed by atoms with Crippen molar-refractivity contribution in [2.24, 2.45) is 5.73 Å². The number of hydrogen-bond donors (Lipinski definition) is 1. The average molecular weight is 245 g/mol. The molecule has 2 nitrogen and oxygen atoms in total. The summed E-state index contributed by atoms with van der Waals surface area (Å²) in [4.78, 5) is 0. The van der Waals surface area contributed by atoms with Crippen LogP contribution >= 0.6 is 0 Å². The first-order valence-electron chi connectivity index (χ1n) is 7.33. The van der Waals surface area contributed by atoms with E-state index in [2.05, 4.69) is 18.2 Å². The molecule has 1 atom stereocenters.